The zero-order valence-electron chi connectivity index (χ0n) is 20.5. The third kappa shape index (κ3) is 8.04. The summed E-state index contributed by atoms with van der Waals surface area (Å²) in [5.74, 6) is -1.19. The Bertz CT molecular complexity index is 1070. The van der Waals surface area contributed by atoms with E-state index in [1.54, 1.807) is 29.2 Å². The molecule has 2 heterocycles. The highest BCUT2D eigenvalue weighted by molar-refractivity contribution is 6.31. The van der Waals surface area contributed by atoms with Gasteiger partial charge in [-0.05, 0) is 55.3 Å². The number of hydrogen-bond donors (Lipinski definition) is 3. The normalized spacial score (nSPS) is 18.8. The lowest BCUT2D eigenvalue weighted by Gasteiger charge is -2.37. The molecule has 4 rings (SSSR count). The highest BCUT2D eigenvalue weighted by atomic mass is 35.5. The molecule has 1 amide bonds. The lowest BCUT2D eigenvalue weighted by molar-refractivity contribution is -0.138. The molecule has 2 saturated heterocycles. The van der Waals surface area contributed by atoms with Gasteiger partial charge in [0.25, 0.3) is 5.91 Å². The molecule has 0 radical (unpaired) electrons. The molecule has 2 aromatic carbocycles. The number of carbonyl (C=O) groups excluding carboxylic acids is 1. The van der Waals surface area contributed by atoms with Gasteiger partial charge in [0, 0.05) is 56.9 Å². The average molecular weight is 542 g/mol. The maximum atomic E-state index is 14.8. The minimum absolute atomic E-state index is 0.0429. The molecule has 0 aliphatic carbocycles. The number of carbonyl (C=O) groups is 1. The number of piperazine rings is 1. The van der Waals surface area contributed by atoms with Crippen LogP contribution in [0.5, 0.6) is 0 Å². The number of alkyl halides is 3. The number of hydrogen-bond acceptors (Lipinski definition) is 5. The quantitative estimate of drug-likeness (QED) is 0.404. The first-order valence-electron chi connectivity index (χ1n) is 12.6. The predicted octanol–water partition coefficient (Wildman–Crippen LogP) is 4.65. The van der Waals surface area contributed by atoms with E-state index < -0.39 is 24.3 Å². The summed E-state index contributed by atoms with van der Waals surface area (Å²) in [7, 11) is 0. The first-order valence-corrected chi connectivity index (χ1v) is 12.9. The largest absolute Gasteiger partial charge is 0.390 e. The highest BCUT2D eigenvalue weighted by Gasteiger charge is 2.29. The van der Waals surface area contributed by atoms with Gasteiger partial charge in [-0.3, -0.25) is 9.69 Å². The van der Waals surface area contributed by atoms with Crippen molar-refractivity contribution in [1.29, 1.82) is 0 Å². The molecule has 2 aliphatic heterocycles. The molecule has 2 aromatic rings. The molecule has 1 atom stereocenters. The Kier molecular flexibility index (Phi) is 9.28. The summed E-state index contributed by atoms with van der Waals surface area (Å²) in [4.78, 5) is 16.7. The Balaban J connectivity index is 1.36. The van der Waals surface area contributed by atoms with E-state index in [1.807, 2.05) is 4.90 Å². The van der Waals surface area contributed by atoms with Gasteiger partial charge in [-0.15, -0.1) is 0 Å². The third-order valence-corrected chi connectivity index (χ3v) is 7.03. The number of benzene rings is 2. The van der Waals surface area contributed by atoms with Crippen LogP contribution in [0.3, 0.4) is 0 Å². The Morgan fingerprint density at radius 2 is 1.89 bits per heavy atom. The molecule has 6 nitrogen and oxygen atoms in total. The van der Waals surface area contributed by atoms with Crippen molar-refractivity contribution < 1.29 is 22.4 Å². The number of nitrogens with zero attached hydrogens (tertiary/aromatic N) is 2. The van der Waals surface area contributed by atoms with Crippen molar-refractivity contribution in [2.24, 2.45) is 0 Å². The second kappa shape index (κ2) is 12.4. The minimum atomic E-state index is -4.18. The molecular weight excluding hydrogens is 510 g/mol. The number of anilines is 2. The Hall–Kier alpha value is -2.40. The molecule has 2 aliphatic rings. The van der Waals surface area contributed by atoms with Gasteiger partial charge in [-0.25, -0.2) is 4.39 Å². The average Bonchev–Trinajstić information content (AvgIpc) is 3.37. The third-order valence-electron chi connectivity index (χ3n) is 6.79. The molecule has 0 saturated carbocycles. The lowest BCUT2D eigenvalue weighted by Crippen LogP contribution is -2.47. The van der Waals surface area contributed by atoms with Gasteiger partial charge in [0.15, 0.2) is 0 Å². The van der Waals surface area contributed by atoms with Gasteiger partial charge in [0.05, 0.1) is 23.4 Å². The van der Waals surface area contributed by atoms with Crippen LogP contribution in [-0.2, 0) is 6.54 Å². The summed E-state index contributed by atoms with van der Waals surface area (Å²) in [6, 6.07) is 10.00. The monoisotopic (exact) mass is 541 g/mol. The van der Waals surface area contributed by atoms with Crippen molar-refractivity contribution >= 4 is 28.9 Å². The van der Waals surface area contributed by atoms with E-state index in [0.29, 0.717) is 55.2 Å². The van der Waals surface area contributed by atoms with E-state index >= 15 is 0 Å². The molecule has 2 fully saturated rings. The summed E-state index contributed by atoms with van der Waals surface area (Å²) >= 11 is 6.20. The fourth-order valence-corrected chi connectivity index (χ4v) is 4.90. The number of nitrogens with one attached hydrogen (secondary N) is 3. The Morgan fingerprint density at radius 1 is 1.11 bits per heavy atom. The zero-order chi connectivity index (χ0) is 26.4. The smallest absolute Gasteiger partial charge is 0.367 e. The van der Waals surface area contributed by atoms with Crippen LogP contribution in [0.1, 0.15) is 35.2 Å². The fourth-order valence-electron chi connectivity index (χ4n) is 4.73. The van der Waals surface area contributed by atoms with E-state index in [-0.39, 0.29) is 12.1 Å². The van der Waals surface area contributed by atoms with Gasteiger partial charge in [0.2, 0.25) is 0 Å². The fraction of sp³-hybridized carbons (Fsp3) is 0.500. The summed E-state index contributed by atoms with van der Waals surface area (Å²) in [6.45, 7) is 4.17. The van der Waals surface area contributed by atoms with E-state index in [2.05, 4.69) is 16.0 Å². The van der Waals surface area contributed by atoms with Gasteiger partial charge >= 0.3 is 6.18 Å². The molecule has 37 heavy (non-hydrogen) atoms. The molecular formula is C26H32ClF4N5O. The summed E-state index contributed by atoms with van der Waals surface area (Å²) < 4.78 is 52.5. The van der Waals surface area contributed by atoms with E-state index in [1.165, 1.54) is 12.1 Å². The van der Waals surface area contributed by atoms with Crippen LogP contribution in [0.15, 0.2) is 36.4 Å². The predicted molar refractivity (Wildman–Crippen MR) is 138 cm³/mol. The van der Waals surface area contributed by atoms with Crippen molar-refractivity contribution in [3.05, 3.63) is 58.4 Å². The van der Waals surface area contributed by atoms with Crippen LogP contribution >= 0.6 is 11.6 Å². The van der Waals surface area contributed by atoms with Crippen molar-refractivity contribution in [1.82, 2.24) is 15.5 Å². The van der Waals surface area contributed by atoms with Crippen LogP contribution in [0.25, 0.3) is 0 Å². The van der Waals surface area contributed by atoms with E-state index in [9.17, 15) is 22.4 Å². The molecule has 0 bridgehead atoms. The van der Waals surface area contributed by atoms with Crippen molar-refractivity contribution in [3.8, 4) is 0 Å². The van der Waals surface area contributed by atoms with Crippen molar-refractivity contribution in [2.75, 3.05) is 56.0 Å². The number of amides is 1. The van der Waals surface area contributed by atoms with Gasteiger partial charge in [0.1, 0.15) is 5.82 Å². The van der Waals surface area contributed by atoms with Crippen LogP contribution in [-0.4, -0.2) is 68.8 Å². The molecule has 202 valence electrons. The summed E-state index contributed by atoms with van der Waals surface area (Å²) in [6.07, 6.45) is -2.73. The molecule has 11 heteroatoms. The molecule has 3 N–H and O–H groups in total. The van der Waals surface area contributed by atoms with Crippen molar-refractivity contribution in [3.63, 3.8) is 0 Å². The molecule has 0 spiro atoms. The van der Waals surface area contributed by atoms with E-state index in [0.717, 1.165) is 31.5 Å². The van der Waals surface area contributed by atoms with Gasteiger partial charge in [-0.1, -0.05) is 17.7 Å². The zero-order valence-corrected chi connectivity index (χ0v) is 21.3. The highest BCUT2D eigenvalue weighted by Crippen LogP contribution is 2.31. The lowest BCUT2D eigenvalue weighted by atomic mass is 10.1. The first kappa shape index (κ1) is 27.6. The second-order valence-electron chi connectivity index (χ2n) is 9.55. The maximum absolute atomic E-state index is 14.8. The summed E-state index contributed by atoms with van der Waals surface area (Å²) in [5.41, 5.74) is 1.80. The minimum Gasteiger partial charge on any atom is -0.367 e. The van der Waals surface area contributed by atoms with E-state index in [4.69, 9.17) is 11.6 Å². The summed E-state index contributed by atoms with van der Waals surface area (Å²) in [5, 5.41) is 9.97. The number of rotatable bonds is 9. The van der Waals surface area contributed by atoms with Crippen LogP contribution < -0.4 is 20.9 Å². The second-order valence-corrected chi connectivity index (χ2v) is 9.98. The Labute approximate surface area is 219 Å². The SMILES string of the molecule is O=C(Nc1ccc(Cl)cc1N1CCN(CCC(F)(F)F)CC1)c1ccc(CNC[C@@H]2CCCN2)cc1F. The van der Waals surface area contributed by atoms with Gasteiger partial charge < -0.3 is 20.9 Å². The number of halogens is 5. The standard InChI is InChI=1S/C26H32ClF4N5O/c27-19-4-6-23(24(15-19)36-12-10-35(11-13-36)9-7-26(29,30)31)34-25(37)21-5-3-18(14-22(21)28)16-32-17-20-2-1-8-33-20/h3-6,14-15,20,32-33H,1-2,7-13,16-17H2,(H,34,37)/t20-/m0/s1. The maximum Gasteiger partial charge on any atom is 0.390 e. The van der Waals surface area contributed by atoms with Gasteiger partial charge in [-0.2, -0.15) is 13.2 Å². The first-order chi connectivity index (χ1) is 17.7. The van der Waals surface area contributed by atoms with Crippen LogP contribution in [0.2, 0.25) is 5.02 Å². The van der Waals surface area contributed by atoms with Crippen molar-refractivity contribution in [2.45, 2.75) is 38.0 Å². The molecule has 0 unspecified atom stereocenters. The molecule has 0 aromatic heterocycles. The topological polar surface area (TPSA) is 59.6 Å². The Morgan fingerprint density at radius 3 is 2.57 bits per heavy atom. The van der Waals surface area contributed by atoms with Crippen LogP contribution in [0.4, 0.5) is 28.9 Å². The van der Waals surface area contributed by atoms with Crippen LogP contribution in [0, 0.1) is 5.82 Å².